The van der Waals surface area contributed by atoms with Crippen LogP contribution >= 0.6 is 0 Å². The summed E-state index contributed by atoms with van der Waals surface area (Å²) in [4.78, 5) is 39.0. The molecule has 3 aliphatic heterocycles. The first-order valence-corrected chi connectivity index (χ1v) is 15.7. The maximum atomic E-state index is 14.5. The average Bonchev–Trinajstić information content (AvgIpc) is 3.68. The second-order valence-electron chi connectivity index (χ2n) is 12.9. The molecule has 4 atom stereocenters. The number of nitrogens with zero attached hydrogens (tertiary/aromatic N) is 6. The summed E-state index contributed by atoms with van der Waals surface area (Å²) in [6.07, 6.45) is 10.8. The van der Waals surface area contributed by atoms with Gasteiger partial charge >= 0.3 is 0 Å². The summed E-state index contributed by atoms with van der Waals surface area (Å²) < 4.78 is 0. The fraction of sp³-hybridized carbons (Fsp3) is 0.471. The summed E-state index contributed by atoms with van der Waals surface area (Å²) in [5, 5.41) is 9.31. The lowest BCUT2D eigenvalue weighted by molar-refractivity contribution is -0.141. The number of nitrogens with one attached hydrogen (secondary N) is 1. The van der Waals surface area contributed by atoms with Gasteiger partial charge < -0.3 is 20.9 Å². The SMILES string of the molecule is CC1C=C(c2ccccc2)C=CC1(CN1CCN(C)CC1)C(=O)N1CC[C@@H](NC(=O)c2cc(C3C=NN(C)C3)cnc2N)C1. The van der Waals surface area contributed by atoms with Crippen LogP contribution in [0.4, 0.5) is 5.82 Å². The van der Waals surface area contributed by atoms with Crippen LogP contribution in [0.1, 0.15) is 40.7 Å². The van der Waals surface area contributed by atoms with Gasteiger partial charge in [-0.2, -0.15) is 5.10 Å². The Morgan fingerprint density at radius 1 is 1.07 bits per heavy atom. The number of allylic oxidation sites excluding steroid dienone is 3. The summed E-state index contributed by atoms with van der Waals surface area (Å²) in [6.45, 7) is 8.53. The zero-order chi connectivity index (χ0) is 30.8. The molecule has 6 rings (SSSR count). The molecule has 10 nitrogen and oxygen atoms in total. The molecule has 2 amide bonds. The van der Waals surface area contributed by atoms with Gasteiger partial charge in [0.25, 0.3) is 5.91 Å². The number of hydrazone groups is 1. The molecule has 0 bridgehead atoms. The highest BCUT2D eigenvalue weighted by Gasteiger charge is 2.47. The molecular formula is C34H44N8O2. The number of pyridine rings is 1. The van der Waals surface area contributed by atoms with Crippen LogP contribution in [0.3, 0.4) is 0 Å². The van der Waals surface area contributed by atoms with Crippen molar-refractivity contribution in [1.29, 1.82) is 0 Å². The van der Waals surface area contributed by atoms with Crippen LogP contribution in [0.2, 0.25) is 0 Å². The van der Waals surface area contributed by atoms with E-state index in [9.17, 15) is 9.59 Å². The lowest BCUT2D eigenvalue weighted by Crippen LogP contribution is -2.55. The number of aromatic nitrogens is 1. The molecule has 1 aromatic carbocycles. The van der Waals surface area contributed by atoms with Crippen molar-refractivity contribution >= 4 is 29.4 Å². The van der Waals surface area contributed by atoms with E-state index in [0.29, 0.717) is 31.6 Å². The van der Waals surface area contributed by atoms with Crippen molar-refractivity contribution in [2.24, 2.45) is 16.4 Å². The Kier molecular flexibility index (Phi) is 8.55. The van der Waals surface area contributed by atoms with E-state index in [-0.39, 0.29) is 35.5 Å². The maximum absolute atomic E-state index is 14.5. The van der Waals surface area contributed by atoms with Gasteiger partial charge in [0, 0.05) is 83.8 Å². The summed E-state index contributed by atoms with van der Waals surface area (Å²) in [7, 11) is 4.07. The van der Waals surface area contributed by atoms with Crippen LogP contribution in [0.5, 0.6) is 0 Å². The summed E-state index contributed by atoms with van der Waals surface area (Å²) in [5.41, 5.74) is 9.05. The van der Waals surface area contributed by atoms with Crippen LogP contribution in [0, 0.1) is 11.3 Å². The number of hydrogen-bond acceptors (Lipinski definition) is 8. The standard InChI is InChI=1S/C34H44N8O2/c1-24-17-26(25-7-5-4-6-8-25)9-11-34(24,23-41-15-13-39(2)14-16-41)33(44)42-12-10-29(22-42)38-32(43)30-18-27(19-36-31(30)35)28-20-37-40(3)21-28/h4-9,11,17-20,24,28-29H,10,12-16,21-23H2,1-3H3,(H2,35,36)(H,38,43)/t24?,28?,29-,34?/m1/s1. The van der Waals surface area contributed by atoms with Crippen molar-refractivity contribution in [2.45, 2.75) is 25.3 Å². The quantitative estimate of drug-likeness (QED) is 0.506. The third kappa shape index (κ3) is 6.14. The van der Waals surface area contributed by atoms with E-state index in [1.54, 1.807) is 6.20 Å². The number of anilines is 1. The summed E-state index contributed by atoms with van der Waals surface area (Å²) >= 11 is 0. The van der Waals surface area contributed by atoms with Gasteiger partial charge in [-0.25, -0.2) is 4.98 Å². The molecule has 4 heterocycles. The average molecular weight is 597 g/mol. The molecule has 1 aliphatic carbocycles. The molecule has 3 unspecified atom stereocenters. The number of likely N-dealkylation sites (N-methyl/N-ethyl adjacent to an activating group) is 2. The summed E-state index contributed by atoms with van der Waals surface area (Å²) in [5.74, 6) is 0.155. The predicted molar refractivity (Wildman–Crippen MR) is 174 cm³/mol. The Hall–Kier alpha value is -4.02. The summed E-state index contributed by atoms with van der Waals surface area (Å²) in [6, 6.07) is 12.0. The number of amides is 2. The molecular weight excluding hydrogens is 552 g/mol. The zero-order valence-corrected chi connectivity index (χ0v) is 26.0. The number of nitrogens with two attached hydrogens (primary N) is 1. The lowest BCUT2D eigenvalue weighted by Gasteiger charge is -2.44. The van der Waals surface area contributed by atoms with Crippen molar-refractivity contribution in [1.82, 2.24) is 30.0 Å². The molecule has 2 saturated heterocycles. The highest BCUT2D eigenvalue weighted by atomic mass is 16.2. The molecule has 0 saturated carbocycles. The van der Waals surface area contributed by atoms with Crippen molar-refractivity contribution in [3.63, 3.8) is 0 Å². The highest BCUT2D eigenvalue weighted by Crippen LogP contribution is 2.41. The molecule has 0 radical (unpaired) electrons. The Labute approximate surface area is 260 Å². The first-order chi connectivity index (χ1) is 21.2. The van der Waals surface area contributed by atoms with E-state index < -0.39 is 5.41 Å². The largest absolute Gasteiger partial charge is 0.383 e. The number of hydrogen-bond donors (Lipinski definition) is 2. The number of nitrogen functional groups attached to an aromatic ring is 1. The maximum Gasteiger partial charge on any atom is 0.255 e. The van der Waals surface area contributed by atoms with Gasteiger partial charge in [-0.1, -0.05) is 55.5 Å². The van der Waals surface area contributed by atoms with Crippen molar-refractivity contribution in [3.8, 4) is 0 Å². The van der Waals surface area contributed by atoms with Gasteiger partial charge in [0.05, 0.1) is 11.0 Å². The molecule has 2 fully saturated rings. The van der Waals surface area contributed by atoms with Crippen LogP contribution in [0.15, 0.2) is 65.9 Å². The molecule has 4 aliphatic rings. The number of carbonyl (C=O) groups is 2. The van der Waals surface area contributed by atoms with E-state index in [2.05, 4.69) is 69.5 Å². The molecule has 3 N–H and O–H groups in total. The number of piperazine rings is 1. The molecule has 2 aromatic rings. The van der Waals surface area contributed by atoms with E-state index >= 15 is 0 Å². The molecule has 232 valence electrons. The van der Waals surface area contributed by atoms with Crippen LogP contribution in [-0.2, 0) is 4.79 Å². The number of likely N-dealkylation sites (tertiary alicyclic amines) is 1. The van der Waals surface area contributed by atoms with E-state index in [1.165, 1.54) is 0 Å². The monoisotopic (exact) mass is 596 g/mol. The van der Waals surface area contributed by atoms with Crippen molar-refractivity contribution in [3.05, 3.63) is 77.5 Å². The molecule has 44 heavy (non-hydrogen) atoms. The highest BCUT2D eigenvalue weighted by molar-refractivity contribution is 5.99. The second kappa shape index (κ2) is 12.5. The Balaban J connectivity index is 1.17. The van der Waals surface area contributed by atoms with Gasteiger partial charge in [0.2, 0.25) is 5.91 Å². The van der Waals surface area contributed by atoms with E-state index in [1.807, 2.05) is 47.4 Å². The second-order valence-corrected chi connectivity index (χ2v) is 12.9. The molecule has 1 aromatic heterocycles. The molecule has 10 heteroatoms. The van der Waals surface area contributed by atoms with E-state index in [0.717, 1.165) is 49.4 Å². The number of carbonyl (C=O) groups excluding carboxylic acids is 2. The topological polar surface area (TPSA) is 110 Å². The van der Waals surface area contributed by atoms with Crippen LogP contribution in [0.25, 0.3) is 5.57 Å². The minimum absolute atomic E-state index is 0.00953. The normalized spacial score (nSPS) is 27.5. The number of benzene rings is 1. The first-order valence-electron chi connectivity index (χ1n) is 15.7. The van der Waals surface area contributed by atoms with Crippen LogP contribution < -0.4 is 11.1 Å². The van der Waals surface area contributed by atoms with Gasteiger partial charge in [-0.05, 0) is 42.2 Å². The van der Waals surface area contributed by atoms with Gasteiger partial charge in [-0.3, -0.25) is 19.5 Å². The molecule has 0 spiro atoms. The Bertz CT molecular complexity index is 1460. The van der Waals surface area contributed by atoms with E-state index in [4.69, 9.17) is 5.73 Å². The Morgan fingerprint density at radius 3 is 2.55 bits per heavy atom. The number of rotatable bonds is 7. The fourth-order valence-electron chi connectivity index (χ4n) is 6.85. The van der Waals surface area contributed by atoms with Crippen LogP contribution in [-0.4, -0.2) is 115 Å². The van der Waals surface area contributed by atoms with Crippen molar-refractivity contribution in [2.75, 3.05) is 72.2 Å². The minimum Gasteiger partial charge on any atom is -0.383 e. The lowest BCUT2D eigenvalue weighted by atomic mass is 9.70. The van der Waals surface area contributed by atoms with Crippen molar-refractivity contribution < 1.29 is 9.59 Å². The van der Waals surface area contributed by atoms with Gasteiger partial charge in [0.1, 0.15) is 5.82 Å². The van der Waals surface area contributed by atoms with Gasteiger partial charge in [-0.15, -0.1) is 0 Å². The third-order valence-electron chi connectivity index (χ3n) is 9.72. The first kappa shape index (κ1) is 30.0. The predicted octanol–water partition coefficient (Wildman–Crippen LogP) is 2.53. The Morgan fingerprint density at radius 2 is 1.84 bits per heavy atom. The van der Waals surface area contributed by atoms with Gasteiger partial charge in [0.15, 0.2) is 0 Å². The third-order valence-corrected chi connectivity index (χ3v) is 9.72. The zero-order valence-electron chi connectivity index (χ0n) is 26.0. The fourth-order valence-corrected chi connectivity index (χ4v) is 6.85. The minimum atomic E-state index is -0.675. The smallest absolute Gasteiger partial charge is 0.255 e.